The van der Waals surface area contributed by atoms with Gasteiger partial charge in [-0.05, 0) is 23.8 Å². The van der Waals surface area contributed by atoms with Crippen LogP contribution in [0.15, 0.2) is 66.3 Å². The summed E-state index contributed by atoms with van der Waals surface area (Å²) in [6.07, 6.45) is 1.72. The fraction of sp³-hybridized carbons (Fsp3) is 0.105. The molecule has 0 aliphatic carbocycles. The summed E-state index contributed by atoms with van der Waals surface area (Å²) < 4.78 is 15.9. The zero-order valence-corrected chi connectivity index (χ0v) is 14.2. The summed E-state index contributed by atoms with van der Waals surface area (Å²) >= 11 is 1.46. The lowest BCUT2D eigenvalue weighted by atomic mass is 10.1. The number of rotatable bonds is 6. The summed E-state index contributed by atoms with van der Waals surface area (Å²) in [5, 5.41) is 18.2. The second-order valence-electron chi connectivity index (χ2n) is 5.24. The smallest absolute Gasteiger partial charge is 0.192 e. The van der Waals surface area contributed by atoms with E-state index in [-0.39, 0.29) is 5.82 Å². The van der Waals surface area contributed by atoms with Gasteiger partial charge in [0.15, 0.2) is 11.0 Å². The number of aromatic nitrogens is 3. The van der Waals surface area contributed by atoms with Crippen LogP contribution in [0.1, 0.15) is 11.1 Å². The maximum atomic E-state index is 14.1. The fourth-order valence-electron chi connectivity index (χ4n) is 2.43. The van der Waals surface area contributed by atoms with Crippen LogP contribution in [0.25, 0.3) is 11.4 Å². The standard InChI is InChI=1S/C19H15FN4S/c1-2-11-24-18(16-9-5-6-10-17(16)20)22-23-19(24)25-13-15-8-4-3-7-14(15)12-21/h2-10H,1,11,13H2. The molecule has 0 aliphatic rings. The first-order chi connectivity index (χ1) is 12.2. The van der Waals surface area contributed by atoms with E-state index >= 15 is 0 Å². The predicted molar refractivity (Wildman–Crippen MR) is 96.3 cm³/mol. The second-order valence-corrected chi connectivity index (χ2v) is 6.19. The van der Waals surface area contributed by atoms with Crippen LogP contribution in [0.3, 0.4) is 0 Å². The average Bonchev–Trinajstić information content (AvgIpc) is 3.03. The number of thioether (sulfide) groups is 1. The number of nitriles is 1. The highest BCUT2D eigenvalue weighted by Gasteiger charge is 2.16. The SMILES string of the molecule is C=CCn1c(SCc2ccccc2C#N)nnc1-c1ccccc1F. The van der Waals surface area contributed by atoms with Crippen molar-refractivity contribution >= 4 is 11.8 Å². The molecule has 0 unspecified atom stereocenters. The summed E-state index contributed by atoms with van der Waals surface area (Å²) in [6.45, 7) is 4.23. The molecule has 4 nitrogen and oxygen atoms in total. The van der Waals surface area contributed by atoms with E-state index < -0.39 is 0 Å². The van der Waals surface area contributed by atoms with Crippen LogP contribution in [0.2, 0.25) is 0 Å². The van der Waals surface area contributed by atoms with Crippen LogP contribution in [-0.2, 0) is 12.3 Å². The van der Waals surface area contributed by atoms with Crippen molar-refractivity contribution in [3.63, 3.8) is 0 Å². The molecule has 0 fully saturated rings. The highest BCUT2D eigenvalue weighted by molar-refractivity contribution is 7.98. The van der Waals surface area contributed by atoms with Gasteiger partial charge in [0.1, 0.15) is 5.82 Å². The molecule has 0 bridgehead atoms. The lowest BCUT2D eigenvalue weighted by molar-refractivity contribution is 0.626. The molecule has 3 aromatic rings. The van der Waals surface area contributed by atoms with Crippen LogP contribution in [0, 0.1) is 17.1 Å². The zero-order valence-electron chi connectivity index (χ0n) is 13.4. The van der Waals surface area contributed by atoms with E-state index in [9.17, 15) is 9.65 Å². The largest absolute Gasteiger partial charge is 0.298 e. The zero-order chi connectivity index (χ0) is 17.6. The molecule has 0 amide bonds. The van der Waals surface area contributed by atoms with E-state index in [1.165, 1.54) is 17.8 Å². The molecule has 0 saturated heterocycles. The topological polar surface area (TPSA) is 54.5 Å². The van der Waals surface area contributed by atoms with Crippen molar-refractivity contribution in [3.05, 3.63) is 78.1 Å². The minimum Gasteiger partial charge on any atom is -0.298 e. The molecule has 0 aliphatic heterocycles. The van der Waals surface area contributed by atoms with Crippen molar-refractivity contribution in [3.8, 4) is 17.5 Å². The Hall–Kier alpha value is -2.91. The minimum absolute atomic E-state index is 0.341. The minimum atomic E-state index is -0.341. The number of halogens is 1. The molecular weight excluding hydrogens is 335 g/mol. The molecule has 6 heteroatoms. The summed E-state index contributed by atoms with van der Waals surface area (Å²) in [7, 11) is 0. The average molecular weight is 350 g/mol. The molecule has 1 aromatic heterocycles. The van der Waals surface area contributed by atoms with E-state index in [4.69, 9.17) is 0 Å². The van der Waals surface area contributed by atoms with Gasteiger partial charge >= 0.3 is 0 Å². The Balaban J connectivity index is 1.91. The lowest BCUT2D eigenvalue weighted by Crippen LogP contribution is -2.02. The number of nitrogens with zero attached hydrogens (tertiary/aromatic N) is 4. The normalized spacial score (nSPS) is 10.4. The number of allylic oxidation sites excluding steroid dienone is 1. The van der Waals surface area contributed by atoms with E-state index in [1.54, 1.807) is 30.3 Å². The van der Waals surface area contributed by atoms with Gasteiger partial charge in [0.05, 0.1) is 17.2 Å². The fourth-order valence-corrected chi connectivity index (χ4v) is 3.38. The first kappa shape index (κ1) is 16.9. The van der Waals surface area contributed by atoms with Crippen molar-refractivity contribution in [1.29, 1.82) is 5.26 Å². The van der Waals surface area contributed by atoms with Gasteiger partial charge in [-0.15, -0.1) is 16.8 Å². The maximum absolute atomic E-state index is 14.1. The Kier molecular flexibility index (Phi) is 5.26. The molecule has 0 saturated carbocycles. The summed E-state index contributed by atoms with van der Waals surface area (Å²) in [6, 6.07) is 16.1. The Bertz CT molecular complexity index is 943. The number of hydrogen-bond donors (Lipinski definition) is 0. The number of hydrogen-bond acceptors (Lipinski definition) is 4. The summed E-state index contributed by atoms with van der Waals surface area (Å²) in [5.41, 5.74) is 1.97. The Morgan fingerprint density at radius 2 is 1.92 bits per heavy atom. The van der Waals surface area contributed by atoms with Crippen LogP contribution < -0.4 is 0 Å². The Morgan fingerprint density at radius 3 is 2.68 bits per heavy atom. The molecule has 1 heterocycles. The van der Waals surface area contributed by atoms with Crippen LogP contribution >= 0.6 is 11.8 Å². The molecule has 0 N–H and O–H groups in total. The predicted octanol–water partition coefficient (Wildman–Crippen LogP) is 4.43. The van der Waals surface area contributed by atoms with Crippen molar-refractivity contribution in [2.75, 3.05) is 0 Å². The van der Waals surface area contributed by atoms with Gasteiger partial charge < -0.3 is 0 Å². The second kappa shape index (κ2) is 7.77. The molecular formula is C19H15FN4S. The van der Waals surface area contributed by atoms with Gasteiger partial charge in [-0.25, -0.2) is 4.39 Å². The highest BCUT2D eigenvalue weighted by atomic mass is 32.2. The quantitative estimate of drug-likeness (QED) is 0.487. The Morgan fingerprint density at radius 1 is 1.16 bits per heavy atom. The van der Waals surface area contributed by atoms with Gasteiger partial charge in [0.25, 0.3) is 0 Å². The molecule has 0 radical (unpaired) electrons. The Labute approximate surface area is 149 Å². The van der Waals surface area contributed by atoms with Crippen LogP contribution in [0.4, 0.5) is 4.39 Å². The lowest BCUT2D eigenvalue weighted by Gasteiger charge is -2.08. The summed E-state index contributed by atoms with van der Waals surface area (Å²) in [5.74, 6) is 0.705. The third kappa shape index (κ3) is 3.62. The van der Waals surface area contributed by atoms with Gasteiger partial charge in [-0.3, -0.25) is 4.57 Å². The van der Waals surface area contributed by atoms with Crippen molar-refractivity contribution in [2.45, 2.75) is 17.5 Å². The van der Waals surface area contributed by atoms with Crippen LogP contribution in [0.5, 0.6) is 0 Å². The number of benzene rings is 2. The summed E-state index contributed by atoms with van der Waals surface area (Å²) in [4.78, 5) is 0. The third-order valence-electron chi connectivity index (χ3n) is 3.64. The van der Waals surface area contributed by atoms with Gasteiger partial charge in [-0.1, -0.05) is 48.2 Å². The van der Waals surface area contributed by atoms with E-state index in [0.717, 1.165) is 5.56 Å². The monoisotopic (exact) mass is 350 g/mol. The van der Waals surface area contributed by atoms with E-state index in [0.29, 0.717) is 34.4 Å². The first-order valence-corrected chi connectivity index (χ1v) is 8.63. The van der Waals surface area contributed by atoms with Crippen molar-refractivity contribution in [1.82, 2.24) is 14.8 Å². The maximum Gasteiger partial charge on any atom is 0.192 e. The molecule has 0 atom stereocenters. The van der Waals surface area contributed by atoms with Crippen molar-refractivity contribution < 1.29 is 4.39 Å². The van der Waals surface area contributed by atoms with E-state index in [2.05, 4.69) is 22.8 Å². The third-order valence-corrected chi connectivity index (χ3v) is 4.65. The van der Waals surface area contributed by atoms with Crippen LogP contribution in [-0.4, -0.2) is 14.8 Å². The van der Waals surface area contributed by atoms with Gasteiger partial charge in [0, 0.05) is 12.3 Å². The molecule has 25 heavy (non-hydrogen) atoms. The van der Waals surface area contributed by atoms with Crippen molar-refractivity contribution in [2.24, 2.45) is 0 Å². The molecule has 3 rings (SSSR count). The molecule has 0 spiro atoms. The first-order valence-electron chi connectivity index (χ1n) is 7.64. The van der Waals surface area contributed by atoms with Gasteiger partial charge in [0.2, 0.25) is 0 Å². The molecule has 2 aromatic carbocycles. The van der Waals surface area contributed by atoms with E-state index in [1.807, 2.05) is 22.8 Å². The molecule has 124 valence electrons. The van der Waals surface area contributed by atoms with Gasteiger partial charge in [-0.2, -0.15) is 5.26 Å². The highest BCUT2D eigenvalue weighted by Crippen LogP contribution is 2.28.